The van der Waals surface area contributed by atoms with Crippen molar-refractivity contribution in [2.75, 3.05) is 13.2 Å². The summed E-state index contributed by atoms with van der Waals surface area (Å²) in [6.45, 7) is 2.75. The highest BCUT2D eigenvalue weighted by Crippen LogP contribution is 2.37. The molecular formula is C14H20N2O4. The fourth-order valence-electron chi connectivity index (χ4n) is 2.83. The molecule has 1 saturated heterocycles. The largest absolute Gasteiger partial charge is 0.351 e. The average Bonchev–Trinajstić information content (AvgIpc) is 3.05. The summed E-state index contributed by atoms with van der Waals surface area (Å²) in [5.74, 6) is -0.427. The minimum atomic E-state index is -0.392. The number of amides is 1. The lowest BCUT2D eigenvalue weighted by Gasteiger charge is -2.31. The van der Waals surface area contributed by atoms with Crippen molar-refractivity contribution < 1.29 is 18.8 Å². The summed E-state index contributed by atoms with van der Waals surface area (Å²) >= 11 is 0. The Balaban J connectivity index is 1.49. The first-order valence-corrected chi connectivity index (χ1v) is 7.20. The van der Waals surface area contributed by atoms with Gasteiger partial charge in [0, 0.05) is 25.5 Å². The van der Waals surface area contributed by atoms with Gasteiger partial charge < -0.3 is 19.3 Å². The number of nitrogens with one attached hydrogen (secondary N) is 1. The maximum atomic E-state index is 11.8. The third-order valence-electron chi connectivity index (χ3n) is 3.87. The number of hydrogen-bond donors (Lipinski definition) is 1. The molecule has 0 aromatic carbocycles. The lowest BCUT2D eigenvalue weighted by Crippen LogP contribution is -2.37. The Morgan fingerprint density at radius 2 is 2.25 bits per heavy atom. The van der Waals surface area contributed by atoms with E-state index in [1.807, 2.05) is 0 Å². The molecule has 1 amide bonds. The maximum absolute atomic E-state index is 11.8. The molecule has 1 aliphatic heterocycles. The Kier molecular flexibility index (Phi) is 3.76. The summed E-state index contributed by atoms with van der Waals surface area (Å²) in [6, 6.07) is 1.62. The van der Waals surface area contributed by atoms with E-state index in [2.05, 4.69) is 10.5 Å². The number of carbonyl (C=O) groups excluding carboxylic acids is 1. The average molecular weight is 280 g/mol. The molecule has 1 aromatic heterocycles. The van der Waals surface area contributed by atoms with Crippen LogP contribution in [0.5, 0.6) is 0 Å². The van der Waals surface area contributed by atoms with Crippen LogP contribution in [0.2, 0.25) is 0 Å². The van der Waals surface area contributed by atoms with Crippen LogP contribution < -0.4 is 5.32 Å². The van der Waals surface area contributed by atoms with Gasteiger partial charge in [0.15, 0.2) is 5.79 Å². The van der Waals surface area contributed by atoms with Crippen LogP contribution in [0.15, 0.2) is 10.6 Å². The first-order valence-electron chi connectivity index (χ1n) is 7.20. The molecule has 2 heterocycles. The van der Waals surface area contributed by atoms with Crippen molar-refractivity contribution in [3.05, 3.63) is 17.5 Å². The third-order valence-corrected chi connectivity index (χ3v) is 3.87. The number of aromatic nitrogens is 1. The summed E-state index contributed by atoms with van der Waals surface area (Å²) in [5.41, 5.74) is 0.691. The zero-order chi connectivity index (χ0) is 14.0. The molecule has 20 heavy (non-hydrogen) atoms. The van der Waals surface area contributed by atoms with E-state index in [-0.39, 0.29) is 17.8 Å². The van der Waals surface area contributed by atoms with Crippen LogP contribution in [-0.2, 0) is 9.47 Å². The van der Waals surface area contributed by atoms with Crippen LogP contribution in [-0.4, -0.2) is 36.1 Å². The van der Waals surface area contributed by atoms with Gasteiger partial charge in [-0.25, -0.2) is 0 Å². The molecule has 1 aliphatic carbocycles. The lowest BCUT2D eigenvalue weighted by atomic mass is 9.94. The lowest BCUT2D eigenvalue weighted by molar-refractivity contribution is -0.186. The van der Waals surface area contributed by atoms with Crippen molar-refractivity contribution in [1.29, 1.82) is 0 Å². The van der Waals surface area contributed by atoms with E-state index in [0.29, 0.717) is 18.8 Å². The van der Waals surface area contributed by atoms with Crippen molar-refractivity contribution in [3.63, 3.8) is 0 Å². The highest BCUT2D eigenvalue weighted by molar-refractivity contribution is 5.91. The third kappa shape index (κ3) is 2.86. The zero-order valence-corrected chi connectivity index (χ0v) is 11.7. The Bertz CT molecular complexity index is 479. The number of ether oxygens (including phenoxy) is 2. The molecule has 1 atom stereocenters. The molecule has 0 unspecified atom stereocenters. The van der Waals surface area contributed by atoms with Crippen molar-refractivity contribution in [3.8, 4) is 0 Å². The fourth-order valence-corrected chi connectivity index (χ4v) is 2.83. The summed E-state index contributed by atoms with van der Waals surface area (Å²) in [5, 5.41) is 6.49. The topological polar surface area (TPSA) is 73.6 Å². The van der Waals surface area contributed by atoms with Gasteiger partial charge in [-0.05, 0) is 19.8 Å². The molecule has 1 saturated carbocycles. The van der Waals surface area contributed by atoms with Crippen molar-refractivity contribution in [1.82, 2.24) is 10.5 Å². The van der Waals surface area contributed by atoms with E-state index >= 15 is 0 Å². The molecule has 1 N–H and O–H groups in total. The molecule has 2 aliphatic rings. The highest BCUT2D eigenvalue weighted by atomic mass is 16.7. The highest BCUT2D eigenvalue weighted by Gasteiger charge is 2.42. The molecule has 2 fully saturated rings. The standard InChI is InChI=1S/C14H20N2O4/c1-10-7-12(20-16-10)13(17)15-8-11-9-18-14(19-11)5-3-2-4-6-14/h7,11H,2-6,8-9H2,1H3,(H,15,17)/t11-/m1/s1. The van der Waals surface area contributed by atoms with Gasteiger partial charge in [0.05, 0.1) is 12.3 Å². The van der Waals surface area contributed by atoms with Gasteiger partial charge in [-0.2, -0.15) is 0 Å². The van der Waals surface area contributed by atoms with Gasteiger partial charge in [-0.3, -0.25) is 4.79 Å². The SMILES string of the molecule is Cc1cc(C(=O)NC[C@@H]2COC3(CCCCC3)O2)on1. The smallest absolute Gasteiger partial charge is 0.289 e. The summed E-state index contributed by atoms with van der Waals surface area (Å²) in [7, 11) is 0. The monoisotopic (exact) mass is 280 g/mol. The van der Waals surface area contributed by atoms with Crippen LogP contribution in [0, 0.1) is 6.92 Å². The van der Waals surface area contributed by atoms with Gasteiger partial charge in [0.25, 0.3) is 5.91 Å². The second-order valence-corrected chi connectivity index (χ2v) is 5.56. The van der Waals surface area contributed by atoms with Gasteiger partial charge >= 0.3 is 0 Å². The Morgan fingerprint density at radius 3 is 2.95 bits per heavy atom. The van der Waals surface area contributed by atoms with Crippen molar-refractivity contribution in [2.24, 2.45) is 0 Å². The van der Waals surface area contributed by atoms with Crippen LogP contribution in [0.4, 0.5) is 0 Å². The Morgan fingerprint density at radius 1 is 1.45 bits per heavy atom. The Hall–Kier alpha value is -1.40. The summed E-state index contributed by atoms with van der Waals surface area (Å²) in [6.07, 6.45) is 5.38. The fraction of sp³-hybridized carbons (Fsp3) is 0.714. The van der Waals surface area contributed by atoms with Crippen LogP contribution in [0.3, 0.4) is 0 Å². The molecule has 1 spiro atoms. The number of carbonyl (C=O) groups is 1. The number of hydrogen-bond acceptors (Lipinski definition) is 5. The maximum Gasteiger partial charge on any atom is 0.289 e. The molecule has 3 rings (SSSR count). The van der Waals surface area contributed by atoms with Gasteiger partial charge in [-0.1, -0.05) is 11.6 Å². The van der Waals surface area contributed by atoms with E-state index in [0.717, 1.165) is 25.7 Å². The minimum absolute atomic E-state index is 0.0823. The van der Waals surface area contributed by atoms with Crippen molar-refractivity contribution in [2.45, 2.75) is 50.9 Å². The van der Waals surface area contributed by atoms with E-state index < -0.39 is 5.79 Å². The number of aryl methyl sites for hydroxylation is 1. The molecule has 6 nitrogen and oxygen atoms in total. The van der Waals surface area contributed by atoms with Crippen LogP contribution in [0.25, 0.3) is 0 Å². The molecule has 6 heteroatoms. The zero-order valence-electron chi connectivity index (χ0n) is 11.7. The van der Waals surface area contributed by atoms with Gasteiger partial charge in [-0.15, -0.1) is 0 Å². The molecule has 0 bridgehead atoms. The second-order valence-electron chi connectivity index (χ2n) is 5.56. The molecule has 1 aromatic rings. The van der Waals surface area contributed by atoms with Crippen LogP contribution >= 0.6 is 0 Å². The number of rotatable bonds is 3. The normalized spacial score (nSPS) is 24.9. The summed E-state index contributed by atoms with van der Waals surface area (Å²) < 4.78 is 16.7. The molecular weight excluding hydrogens is 260 g/mol. The first kappa shape index (κ1) is 13.6. The van der Waals surface area contributed by atoms with Gasteiger partial charge in [0.2, 0.25) is 5.76 Å². The quantitative estimate of drug-likeness (QED) is 0.913. The molecule has 110 valence electrons. The molecule has 0 radical (unpaired) electrons. The van der Waals surface area contributed by atoms with E-state index in [4.69, 9.17) is 14.0 Å². The minimum Gasteiger partial charge on any atom is -0.351 e. The predicted octanol–water partition coefficient (Wildman–Crippen LogP) is 1.79. The van der Waals surface area contributed by atoms with E-state index in [1.54, 1.807) is 13.0 Å². The predicted molar refractivity (Wildman–Crippen MR) is 70.2 cm³/mol. The summed E-state index contributed by atoms with van der Waals surface area (Å²) in [4.78, 5) is 11.8. The van der Waals surface area contributed by atoms with E-state index in [1.165, 1.54) is 6.42 Å². The van der Waals surface area contributed by atoms with Crippen molar-refractivity contribution >= 4 is 5.91 Å². The van der Waals surface area contributed by atoms with Gasteiger partial charge in [0.1, 0.15) is 6.10 Å². The number of nitrogens with zero attached hydrogens (tertiary/aromatic N) is 1. The second kappa shape index (κ2) is 5.54. The van der Waals surface area contributed by atoms with E-state index in [9.17, 15) is 4.79 Å². The van der Waals surface area contributed by atoms with Crippen LogP contribution in [0.1, 0.15) is 48.4 Å². The Labute approximate surface area is 117 Å². The first-order chi connectivity index (χ1) is 9.67.